The molecular formula is C21H26N4O. The van der Waals surface area contributed by atoms with Crippen LogP contribution in [0.4, 0.5) is 11.5 Å². The van der Waals surface area contributed by atoms with Gasteiger partial charge in [0.15, 0.2) is 5.82 Å². The third-order valence-electron chi connectivity index (χ3n) is 3.90. The number of nitrogens with one attached hydrogen (secondary N) is 2. The maximum absolute atomic E-state index is 11.9. The van der Waals surface area contributed by atoms with E-state index < -0.39 is 0 Å². The molecule has 26 heavy (non-hydrogen) atoms. The zero-order valence-corrected chi connectivity index (χ0v) is 15.8. The van der Waals surface area contributed by atoms with Gasteiger partial charge < -0.3 is 10.6 Å². The van der Waals surface area contributed by atoms with Gasteiger partial charge in [-0.25, -0.2) is 9.97 Å². The second kappa shape index (κ2) is 9.51. The number of para-hydroxylation sites is 3. The Bertz CT molecular complexity index is 875. The summed E-state index contributed by atoms with van der Waals surface area (Å²) in [6, 6.07) is 15.0. The average molecular weight is 350 g/mol. The summed E-state index contributed by atoms with van der Waals surface area (Å²) in [6.45, 7) is 6.25. The summed E-state index contributed by atoms with van der Waals surface area (Å²) in [6.07, 6.45) is 2.64. The maximum Gasteiger partial charge on any atom is 0.253 e. The van der Waals surface area contributed by atoms with Gasteiger partial charge in [0.1, 0.15) is 0 Å². The summed E-state index contributed by atoms with van der Waals surface area (Å²) in [5, 5.41) is 5.85. The standard InChI is InChI=1S/C17H16N4O.C4H10/c1-11-16(21-15-10-6-5-9-14(15)19-11)20-13-8-4-3-7-12(13)17(22)18-2;1-3-4-2/h3-10H,1-2H3,(H,18,22)(H,20,21);3-4H2,1-2H3. The van der Waals surface area contributed by atoms with E-state index in [9.17, 15) is 4.79 Å². The average Bonchev–Trinajstić information content (AvgIpc) is 2.68. The summed E-state index contributed by atoms with van der Waals surface area (Å²) in [4.78, 5) is 21.1. The van der Waals surface area contributed by atoms with Crippen molar-refractivity contribution in [3.05, 3.63) is 59.8 Å². The molecular weight excluding hydrogens is 324 g/mol. The zero-order valence-electron chi connectivity index (χ0n) is 15.8. The van der Waals surface area contributed by atoms with E-state index >= 15 is 0 Å². The number of aryl methyl sites for hydroxylation is 1. The number of unbranched alkanes of at least 4 members (excludes halogenated alkanes) is 1. The number of nitrogens with zero attached hydrogens (tertiary/aromatic N) is 2. The van der Waals surface area contributed by atoms with Crippen molar-refractivity contribution in [2.24, 2.45) is 0 Å². The molecule has 0 radical (unpaired) electrons. The minimum atomic E-state index is -0.144. The highest BCUT2D eigenvalue weighted by Crippen LogP contribution is 2.23. The van der Waals surface area contributed by atoms with Crippen LogP contribution in [0.25, 0.3) is 11.0 Å². The molecule has 3 aromatic rings. The Labute approximate surface area is 154 Å². The summed E-state index contributed by atoms with van der Waals surface area (Å²) in [5.41, 5.74) is 3.72. The Morgan fingerprint density at radius 1 is 0.923 bits per heavy atom. The number of benzene rings is 2. The van der Waals surface area contributed by atoms with Crippen LogP contribution in [0, 0.1) is 6.92 Å². The van der Waals surface area contributed by atoms with E-state index in [0.29, 0.717) is 17.1 Å². The van der Waals surface area contributed by atoms with Crippen LogP contribution in [-0.2, 0) is 0 Å². The molecule has 0 saturated heterocycles. The lowest BCUT2D eigenvalue weighted by Crippen LogP contribution is -2.19. The van der Waals surface area contributed by atoms with Crippen LogP contribution in [0.15, 0.2) is 48.5 Å². The SMILES string of the molecule is CCCC.CNC(=O)c1ccccc1Nc1nc2ccccc2nc1C. The predicted octanol–water partition coefficient (Wildman–Crippen LogP) is 4.85. The number of anilines is 2. The lowest BCUT2D eigenvalue weighted by atomic mass is 10.1. The minimum Gasteiger partial charge on any atom is -0.355 e. The molecule has 136 valence electrons. The maximum atomic E-state index is 11.9. The molecule has 0 aliphatic carbocycles. The van der Waals surface area contributed by atoms with Gasteiger partial charge in [0.2, 0.25) is 0 Å². The van der Waals surface area contributed by atoms with Crippen molar-refractivity contribution in [1.29, 1.82) is 0 Å². The molecule has 2 N–H and O–H groups in total. The van der Waals surface area contributed by atoms with Crippen molar-refractivity contribution in [2.75, 3.05) is 12.4 Å². The molecule has 0 fully saturated rings. The van der Waals surface area contributed by atoms with E-state index in [-0.39, 0.29) is 5.91 Å². The lowest BCUT2D eigenvalue weighted by molar-refractivity contribution is 0.0964. The smallest absolute Gasteiger partial charge is 0.253 e. The molecule has 0 saturated carbocycles. The molecule has 0 atom stereocenters. The topological polar surface area (TPSA) is 66.9 Å². The van der Waals surface area contributed by atoms with E-state index in [1.54, 1.807) is 13.1 Å². The van der Waals surface area contributed by atoms with Crippen LogP contribution in [-0.4, -0.2) is 22.9 Å². The molecule has 0 bridgehead atoms. The molecule has 0 aliphatic heterocycles. The summed E-state index contributed by atoms with van der Waals surface area (Å²) in [7, 11) is 1.61. The fourth-order valence-electron chi connectivity index (χ4n) is 2.26. The number of hydrogen-bond acceptors (Lipinski definition) is 4. The monoisotopic (exact) mass is 350 g/mol. The molecule has 0 spiro atoms. The Hall–Kier alpha value is -2.95. The fourth-order valence-corrected chi connectivity index (χ4v) is 2.26. The van der Waals surface area contributed by atoms with Gasteiger partial charge in [-0.15, -0.1) is 0 Å². The van der Waals surface area contributed by atoms with Gasteiger partial charge >= 0.3 is 0 Å². The number of aromatic nitrogens is 2. The van der Waals surface area contributed by atoms with Crippen LogP contribution in [0.1, 0.15) is 42.7 Å². The molecule has 3 rings (SSSR count). The Kier molecular flexibility index (Phi) is 7.09. The normalized spacial score (nSPS) is 10.0. The highest BCUT2D eigenvalue weighted by atomic mass is 16.1. The Morgan fingerprint density at radius 2 is 1.50 bits per heavy atom. The van der Waals surface area contributed by atoms with Gasteiger partial charge in [0.25, 0.3) is 5.91 Å². The molecule has 1 heterocycles. The summed E-state index contributed by atoms with van der Waals surface area (Å²) >= 11 is 0. The molecule has 5 heteroatoms. The molecule has 1 amide bonds. The van der Waals surface area contributed by atoms with E-state index in [1.165, 1.54) is 12.8 Å². The van der Waals surface area contributed by atoms with Crippen molar-refractivity contribution in [3.8, 4) is 0 Å². The third kappa shape index (κ3) is 4.79. The minimum absolute atomic E-state index is 0.144. The first kappa shape index (κ1) is 19.4. The second-order valence-electron chi connectivity index (χ2n) is 5.90. The number of hydrogen-bond donors (Lipinski definition) is 2. The third-order valence-corrected chi connectivity index (χ3v) is 3.90. The molecule has 0 unspecified atom stereocenters. The Balaban J connectivity index is 0.000000552. The van der Waals surface area contributed by atoms with E-state index in [2.05, 4.69) is 34.4 Å². The summed E-state index contributed by atoms with van der Waals surface area (Å²) < 4.78 is 0. The number of rotatable bonds is 4. The fraction of sp³-hybridized carbons (Fsp3) is 0.286. The van der Waals surface area contributed by atoms with E-state index in [4.69, 9.17) is 0 Å². The van der Waals surface area contributed by atoms with Crippen molar-refractivity contribution < 1.29 is 4.79 Å². The number of carbonyl (C=O) groups is 1. The Morgan fingerprint density at radius 3 is 2.12 bits per heavy atom. The van der Waals surface area contributed by atoms with E-state index in [1.807, 2.05) is 49.4 Å². The number of carbonyl (C=O) groups excluding carboxylic acids is 1. The molecule has 2 aromatic carbocycles. The zero-order chi connectivity index (χ0) is 18.9. The van der Waals surface area contributed by atoms with Gasteiger partial charge in [0, 0.05) is 7.05 Å². The molecule has 0 aliphatic rings. The van der Waals surface area contributed by atoms with Gasteiger partial charge in [-0.1, -0.05) is 51.0 Å². The highest BCUT2D eigenvalue weighted by molar-refractivity contribution is 6.00. The van der Waals surface area contributed by atoms with Gasteiger partial charge in [0.05, 0.1) is 28.0 Å². The van der Waals surface area contributed by atoms with Crippen LogP contribution in [0.5, 0.6) is 0 Å². The molecule has 5 nitrogen and oxygen atoms in total. The van der Waals surface area contributed by atoms with Gasteiger partial charge in [-0.2, -0.15) is 0 Å². The first-order valence-corrected chi connectivity index (χ1v) is 8.92. The van der Waals surface area contributed by atoms with Crippen molar-refractivity contribution in [1.82, 2.24) is 15.3 Å². The summed E-state index contributed by atoms with van der Waals surface area (Å²) in [5.74, 6) is 0.504. The molecule has 1 aromatic heterocycles. The van der Waals surface area contributed by atoms with Crippen molar-refractivity contribution in [2.45, 2.75) is 33.6 Å². The van der Waals surface area contributed by atoms with Gasteiger partial charge in [-0.05, 0) is 31.2 Å². The van der Waals surface area contributed by atoms with E-state index in [0.717, 1.165) is 16.7 Å². The van der Waals surface area contributed by atoms with Crippen LogP contribution in [0.3, 0.4) is 0 Å². The first-order chi connectivity index (χ1) is 12.6. The van der Waals surface area contributed by atoms with Crippen molar-refractivity contribution >= 4 is 28.4 Å². The lowest BCUT2D eigenvalue weighted by Gasteiger charge is -2.12. The predicted molar refractivity (Wildman–Crippen MR) is 108 cm³/mol. The second-order valence-corrected chi connectivity index (χ2v) is 5.90. The number of amides is 1. The first-order valence-electron chi connectivity index (χ1n) is 8.92. The van der Waals surface area contributed by atoms with Crippen molar-refractivity contribution in [3.63, 3.8) is 0 Å². The van der Waals surface area contributed by atoms with Crippen LogP contribution in [0.2, 0.25) is 0 Å². The largest absolute Gasteiger partial charge is 0.355 e. The quantitative estimate of drug-likeness (QED) is 0.706. The number of fused-ring (bicyclic) bond motifs is 1. The highest BCUT2D eigenvalue weighted by Gasteiger charge is 2.11. The van der Waals surface area contributed by atoms with Gasteiger partial charge in [-0.3, -0.25) is 4.79 Å². The van der Waals surface area contributed by atoms with Crippen LogP contribution >= 0.6 is 0 Å². The van der Waals surface area contributed by atoms with Crippen LogP contribution < -0.4 is 10.6 Å².